The molecule has 1 atom stereocenters. The Hall–Kier alpha value is -3.11. The molecule has 0 spiro atoms. The SMILES string of the molecule is CCOc1cc(C(CN2C(=O)c3cccc(CNC(=O)CCl)c3C2=O)S(C)(=O)=O)ccc1OC. The molecule has 2 aromatic rings. The average Bonchev–Trinajstić information content (AvgIpc) is 3.05. The fraction of sp³-hybridized carbons (Fsp3) is 0.348. The summed E-state index contributed by atoms with van der Waals surface area (Å²) in [4.78, 5) is 38.8. The fourth-order valence-electron chi connectivity index (χ4n) is 3.77. The van der Waals surface area contributed by atoms with E-state index in [1.807, 2.05) is 0 Å². The van der Waals surface area contributed by atoms with Crippen LogP contribution in [0.5, 0.6) is 11.5 Å². The monoisotopic (exact) mass is 508 g/mol. The lowest BCUT2D eigenvalue weighted by molar-refractivity contribution is -0.118. The summed E-state index contributed by atoms with van der Waals surface area (Å²) in [5, 5.41) is 1.39. The Labute approximate surface area is 202 Å². The summed E-state index contributed by atoms with van der Waals surface area (Å²) in [6, 6.07) is 9.41. The number of hydrogen-bond donors (Lipinski definition) is 1. The van der Waals surface area contributed by atoms with E-state index in [1.54, 1.807) is 37.3 Å². The number of sulfone groups is 1. The average molecular weight is 509 g/mol. The first-order valence-electron chi connectivity index (χ1n) is 10.4. The van der Waals surface area contributed by atoms with Crippen LogP contribution in [0.4, 0.5) is 0 Å². The second kappa shape index (κ2) is 10.4. The Morgan fingerprint density at radius 3 is 2.50 bits per heavy atom. The third-order valence-corrected chi connectivity index (χ3v) is 7.10. The van der Waals surface area contributed by atoms with Crippen molar-refractivity contribution in [2.75, 3.05) is 32.4 Å². The lowest BCUT2D eigenvalue weighted by Gasteiger charge is -2.22. The van der Waals surface area contributed by atoms with Crippen LogP contribution >= 0.6 is 11.6 Å². The Kier molecular flexibility index (Phi) is 7.83. The maximum absolute atomic E-state index is 13.2. The van der Waals surface area contributed by atoms with E-state index >= 15 is 0 Å². The number of halogens is 1. The second-order valence-corrected chi connectivity index (χ2v) is 10.1. The summed E-state index contributed by atoms with van der Waals surface area (Å²) < 4.78 is 36.3. The van der Waals surface area contributed by atoms with Crippen molar-refractivity contribution in [3.63, 3.8) is 0 Å². The van der Waals surface area contributed by atoms with E-state index in [2.05, 4.69) is 5.32 Å². The van der Waals surface area contributed by atoms with Crippen molar-refractivity contribution < 1.29 is 32.3 Å². The molecule has 1 aliphatic heterocycles. The number of nitrogens with zero attached hydrogens (tertiary/aromatic N) is 1. The smallest absolute Gasteiger partial charge is 0.261 e. The van der Waals surface area contributed by atoms with Crippen molar-refractivity contribution in [2.24, 2.45) is 0 Å². The summed E-state index contributed by atoms with van der Waals surface area (Å²) in [5.74, 6) is -1.09. The van der Waals surface area contributed by atoms with E-state index in [4.69, 9.17) is 21.1 Å². The van der Waals surface area contributed by atoms with Gasteiger partial charge in [0.2, 0.25) is 5.91 Å². The molecule has 3 rings (SSSR count). The molecule has 182 valence electrons. The van der Waals surface area contributed by atoms with Gasteiger partial charge in [0, 0.05) is 12.8 Å². The number of carbonyl (C=O) groups is 3. The summed E-state index contributed by atoms with van der Waals surface area (Å²) in [5.41, 5.74) is 1.09. The lowest BCUT2D eigenvalue weighted by atomic mass is 10.0. The Morgan fingerprint density at radius 2 is 1.88 bits per heavy atom. The molecular formula is C23H25ClN2O7S. The first-order chi connectivity index (χ1) is 16.1. The molecule has 34 heavy (non-hydrogen) atoms. The predicted octanol–water partition coefficient (Wildman–Crippen LogP) is 2.33. The highest BCUT2D eigenvalue weighted by molar-refractivity contribution is 7.91. The van der Waals surface area contributed by atoms with Crippen LogP contribution in [0.3, 0.4) is 0 Å². The zero-order valence-corrected chi connectivity index (χ0v) is 20.5. The highest BCUT2D eigenvalue weighted by Gasteiger charge is 2.40. The topological polar surface area (TPSA) is 119 Å². The number of methoxy groups -OCH3 is 1. The molecule has 9 nitrogen and oxygen atoms in total. The Balaban J connectivity index is 1.96. The Morgan fingerprint density at radius 1 is 1.15 bits per heavy atom. The number of imide groups is 1. The highest BCUT2D eigenvalue weighted by Crippen LogP contribution is 2.35. The van der Waals surface area contributed by atoms with Gasteiger partial charge in [-0.1, -0.05) is 18.2 Å². The van der Waals surface area contributed by atoms with E-state index < -0.39 is 32.8 Å². The van der Waals surface area contributed by atoms with Gasteiger partial charge < -0.3 is 14.8 Å². The lowest BCUT2D eigenvalue weighted by Crippen LogP contribution is -2.36. The quantitative estimate of drug-likeness (QED) is 0.386. The van der Waals surface area contributed by atoms with E-state index in [1.165, 1.54) is 13.2 Å². The fourth-order valence-corrected chi connectivity index (χ4v) is 4.93. The maximum Gasteiger partial charge on any atom is 0.261 e. The van der Waals surface area contributed by atoms with Crippen molar-refractivity contribution in [1.82, 2.24) is 10.2 Å². The predicted molar refractivity (Wildman–Crippen MR) is 126 cm³/mol. The van der Waals surface area contributed by atoms with E-state index in [9.17, 15) is 22.8 Å². The molecule has 0 fully saturated rings. The van der Waals surface area contributed by atoms with Gasteiger partial charge in [0.25, 0.3) is 11.8 Å². The molecular weight excluding hydrogens is 484 g/mol. The zero-order valence-electron chi connectivity index (χ0n) is 19.0. The van der Waals surface area contributed by atoms with Crippen LogP contribution in [0.1, 0.15) is 44.0 Å². The molecule has 1 heterocycles. The summed E-state index contributed by atoms with van der Waals surface area (Å²) in [7, 11) is -2.27. The molecule has 1 N–H and O–H groups in total. The molecule has 2 aromatic carbocycles. The number of alkyl halides is 1. The van der Waals surface area contributed by atoms with Gasteiger partial charge in [0.05, 0.1) is 31.4 Å². The van der Waals surface area contributed by atoms with E-state index in [-0.39, 0.29) is 30.1 Å². The number of fused-ring (bicyclic) bond motifs is 1. The first kappa shape index (κ1) is 25.5. The van der Waals surface area contributed by atoms with E-state index in [0.717, 1.165) is 11.2 Å². The molecule has 0 aromatic heterocycles. The third-order valence-electron chi connectivity index (χ3n) is 5.41. The first-order valence-corrected chi connectivity index (χ1v) is 12.9. The van der Waals surface area contributed by atoms with Crippen LogP contribution in [-0.4, -0.2) is 63.4 Å². The number of ether oxygens (including phenoxy) is 2. The summed E-state index contributed by atoms with van der Waals surface area (Å²) >= 11 is 5.50. The summed E-state index contributed by atoms with van der Waals surface area (Å²) in [6.07, 6.45) is 1.05. The zero-order chi connectivity index (χ0) is 25.0. The summed E-state index contributed by atoms with van der Waals surface area (Å²) in [6.45, 7) is 1.75. The number of nitrogens with one attached hydrogen (secondary N) is 1. The van der Waals surface area contributed by atoms with Gasteiger partial charge in [-0.3, -0.25) is 19.3 Å². The molecule has 11 heteroatoms. The van der Waals surface area contributed by atoms with Gasteiger partial charge in [-0.15, -0.1) is 11.6 Å². The standard InChI is InChI=1S/C23H25ClN2O7S/c1-4-33-18-10-14(8-9-17(18)32-2)19(34(3,30)31)13-26-22(28)16-7-5-6-15(21(16)23(26)29)12-25-20(27)11-24/h5-10,19H,4,11-13H2,1-3H3,(H,25,27). The van der Waals surface area contributed by atoms with Crippen LogP contribution < -0.4 is 14.8 Å². The largest absolute Gasteiger partial charge is 0.493 e. The molecule has 0 saturated carbocycles. The number of rotatable bonds is 10. The number of amides is 3. The number of hydrogen-bond acceptors (Lipinski definition) is 7. The van der Waals surface area contributed by atoms with E-state index in [0.29, 0.717) is 29.2 Å². The normalized spacial score (nSPS) is 14.1. The second-order valence-electron chi connectivity index (χ2n) is 7.63. The van der Waals surface area contributed by atoms with Crippen LogP contribution in [0.2, 0.25) is 0 Å². The van der Waals surface area contributed by atoms with Crippen LogP contribution in [0.15, 0.2) is 36.4 Å². The highest BCUT2D eigenvalue weighted by atomic mass is 35.5. The van der Waals surface area contributed by atoms with Crippen molar-refractivity contribution in [1.29, 1.82) is 0 Å². The Bertz CT molecular complexity index is 1230. The van der Waals surface area contributed by atoms with Crippen molar-refractivity contribution in [3.05, 3.63) is 58.7 Å². The van der Waals surface area contributed by atoms with Gasteiger partial charge in [-0.05, 0) is 36.2 Å². The van der Waals surface area contributed by atoms with Gasteiger partial charge in [0.1, 0.15) is 11.1 Å². The van der Waals surface area contributed by atoms with Crippen LogP contribution in [-0.2, 0) is 21.2 Å². The van der Waals surface area contributed by atoms with Crippen LogP contribution in [0, 0.1) is 0 Å². The molecule has 3 amide bonds. The van der Waals surface area contributed by atoms with Gasteiger partial charge in [0.15, 0.2) is 21.3 Å². The maximum atomic E-state index is 13.2. The molecule has 0 aliphatic carbocycles. The van der Waals surface area contributed by atoms with Crippen molar-refractivity contribution >= 4 is 39.2 Å². The van der Waals surface area contributed by atoms with Gasteiger partial charge in [-0.25, -0.2) is 8.42 Å². The minimum absolute atomic E-state index is 0.00723. The number of benzene rings is 2. The number of carbonyl (C=O) groups excluding carboxylic acids is 3. The van der Waals surface area contributed by atoms with Gasteiger partial charge in [-0.2, -0.15) is 0 Å². The van der Waals surface area contributed by atoms with Crippen molar-refractivity contribution in [3.8, 4) is 11.5 Å². The van der Waals surface area contributed by atoms with Crippen LogP contribution in [0.25, 0.3) is 0 Å². The molecule has 0 radical (unpaired) electrons. The minimum atomic E-state index is -3.74. The third kappa shape index (κ3) is 5.18. The van der Waals surface area contributed by atoms with Crippen molar-refractivity contribution in [2.45, 2.75) is 18.7 Å². The molecule has 0 saturated heterocycles. The molecule has 1 unspecified atom stereocenters. The minimum Gasteiger partial charge on any atom is -0.493 e. The molecule has 0 bridgehead atoms. The van der Waals surface area contributed by atoms with Gasteiger partial charge >= 0.3 is 0 Å². The molecule has 1 aliphatic rings.